The summed E-state index contributed by atoms with van der Waals surface area (Å²) in [6.45, 7) is 22.6. The maximum Gasteiger partial charge on any atom is 0.335 e. The lowest BCUT2D eigenvalue weighted by molar-refractivity contribution is -0.225. The molecule has 1 heterocycles. The van der Waals surface area contributed by atoms with Crippen LogP contribution < -0.4 is 5.32 Å². The normalized spacial score (nSPS) is 39.2. The van der Waals surface area contributed by atoms with Crippen LogP contribution >= 0.6 is 0 Å². The minimum Gasteiger partial charge on any atom is -0.481 e. The summed E-state index contributed by atoms with van der Waals surface area (Å²) in [5.74, 6) is 1.27. The maximum absolute atomic E-state index is 13.1. The topological polar surface area (TPSA) is 107 Å². The van der Waals surface area contributed by atoms with Crippen molar-refractivity contribution in [3.8, 4) is 0 Å². The second-order valence-corrected chi connectivity index (χ2v) is 19.9. The molecule has 53 heavy (non-hydrogen) atoms. The molecule has 0 radical (unpaired) electrons. The number of aromatic carboxylic acids is 1. The van der Waals surface area contributed by atoms with Gasteiger partial charge in [-0.2, -0.15) is 0 Å². The Morgan fingerprint density at radius 2 is 1.55 bits per heavy atom. The van der Waals surface area contributed by atoms with Gasteiger partial charge in [0.05, 0.1) is 11.5 Å². The van der Waals surface area contributed by atoms with E-state index in [0.29, 0.717) is 74.0 Å². The number of allylic oxidation sites excluding steroid dienone is 3. The van der Waals surface area contributed by atoms with E-state index < -0.39 is 11.9 Å². The van der Waals surface area contributed by atoms with Crippen LogP contribution in [0.4, 0.5) is 0 Å². The molecule has 9 atom stereocenters. The van der Waals surface area contributed by atoms with Crippen molar-refractivity contribution in [1.29, 1.82) is 0 Å². The third-order valence-corrected chi connectivity index (χ3v) is 17.4. The molecule has 0 aromatic heterocycles. The number of fused-ring (bicyclic) bond motifs is 7. The van der Waals surface area contributed by atoms with E-state index in [4.69, 9.17) is 0 Å². The van der Waals surface area contributed by atoms with Crippen molar-refractivity contribution in [2.24, 2.45) is 62.6 Å². The zero-order chi connectivity index (χ0) is 38.1. The summed E-state index contributed by atoms with van der Waals surface area (Å²) in [6, 6.07) is 7.56. The van der Waals surface area contributed by atoms with E-state index in [1.54, 1.807) is 12.1 Å². The molecule has 1 aliphatic heterocycles. The average Bonchev–Trinajstić information content (AvgIpc) is 3.50. The SMILES string of the molecule is C=C(C)[C@@H]1CC[C@]2(CNCCC(=O)N3CCC(C(=O)O)CC3)CC[C@]3(C)[C@H](CC[C@@H]4[C@@]5(C)CC=C(c6ccc(C(=O)O)cc6)C(C)(C)[C@@H]5CC[C@]43C)[C@@H]12. The van der Waals surface area contributed by atoms with Gasteiger partial charge in [-0.1, -0.05) is 65.0 Å². The Kier molecular flexibility index (Phi) is 9.89. The van der Waals surface area contributed by atoms with Gasteiger partial charge in [-0.05, 0) is 157 Å². The minimum atomic E-state index is -0.875. The highest BCUT2D eigenvalue weighted by Crippen LogP contribution is 2.77. The molecular weight excluding hydrogens is 661 g/mol. The number of rotatable bonds is 9. The zero-order valence-electron chi connectivity index (χ0n) is 33.4. The Morgan fingerprint density at radius 3 is 2.19 bits per heavy atom. The number of nitrogens with one attached hydrogen (secondary N) is 1. The van der Waals surface area contributed by atoms with E-state index in [9.17, 15) is 24.6 Å². The number of carbonyl (C=O) groups excluding carboxylic acids is 1. The molecule has 1 aromatic carbocycles. The summed E-state index contributed by atoms with van der Waals surface area (Å²) < 4.78 is 0. The van der Waals surface area contributed by atoms with Crippen molar-refractivity contribution in [3.05, 3.63) is 53.6 Å². The summed E-state index contributed by atoms with van der Waals surface area (Å²) in [6.07, 6.45) is 15.2. The van der Waals surface area contributed by atoms with E-state index in [0.717, 1.165) is 13.0 Å². The molecule has 7 nitrogen and oxygen atoms in total. The number of likely N-dealkylation sites (tertiary alicyclic amines) is 1. The first-order valence-electron chi connectivity index (χ1n) is 20.9. The molecule has 290 valence electrons. The van der Waals surface area contributed by atoms with Crippen molar-refractivity contribution in [2.45, 2.75) is 119 Å². The van der Waals surface area contributed by atoms with Crippen LogP contribution in [-0.2, 0) is 9.59 Å². The van der Waals surface area contributed by atoms with Crippen LogP contribution in [-0.4, -0.2) is 59.1 Å². The summed E-state index contributed by atoms with van der Waals surface area (Å²) in [5, 5.41) is 22.7. The Morgan fingerprint density at radius 1 is 0.849 bits per heavy atom. The molecule has 0 spiro atoms. The lowest BCUT2D eigenvalue weighted by Gasteiger charge is -2.72. The molecule has 7 rings (SSSR count). The van der Waals surface area contributed by atoms with Gasteiger partial charge in [0.2, 0.25) is 5.91 Å². The summed E-state index contributed by atoms with van der Waals surface area (Å²) in [7, 11) is 0. The van der Waals surface area contributed by atoms with Crippen LogP contribution in [0.15, 0.2) is 42.5 Å². The van der Waals surface area contributed by atoms with E-state index in [1.165, 1.54) is 68.1 Å². The standard InChI is InChI=1S/C46H66N2O5/c1-29(2)33-14-22-46(28-47-25-17-38(49)48-26-18-32(19-27-48)41(52)53)24-23-44(6)35(39(33)46)12-13-37-43(5)20-15-34(30-8-10-31(11-9-30)40(50)51)42(3,4)36(43)16-21-45(37,44)7/h8-11,15,32-33,35-37,39,47H,1,12-14,16-28H2,2-7H3,(H,50,51)(H,52,53)/t33-,35+,36-,37+,39+,43-,44+,45+,46+/m0/s1. The number of aliphatic carboxylic acids is 1. The largest absolute Gasteiger partial charge is 0.481 e. The van der Waals surface area contributed by atoms with Crippen molar-refractivity contribution in [2.75, 3.05) is 26.2 Å². The summed E-state index contributed by atoms with van der Waals surface area (Å²) >= 11 is 0. The molecule has 0 unspecified atom stereocenters. The number of hydrogen-bond donors (Lipinski definition) is 3. The number of carboxylic acids is 2. The Labute approximate surface area is 318 Å². The molecule has 0 bridgehead atoms. The van der Waals surface area contributed by atoms with E-state index in [1.807, 2.05) is 17.0 Å². The smallest absolute Gasteiger partial charge is 0.335 e. The van der Waals surface area contributed by atoms with E-state index in [2.05, 4.69) is 59.5 Å². The van der Waals surface area contributed by atoms with Gasteiger partial charge >= 0.3 is 11.9 Å². The van der Waals surface area contributed by atoms with Crippen LogP contribution in [0.5, 0.6) is 0 Å². The number of carbonyl (C=O) groups is 3. The molecule has 7 heteroatoms. The lowest BCUT2D eigenvalue weighted by Crippen LogP contribution is -2.65. The third kappa shape index (κ3) is 6.05. The number of hydrogen-bond acceptors (Lipinski definition) is 4. The third-order valence-electron chi connectivity index (χ3n) is 17.4. The second-order valence-electron chi connectivity index (χ2n) is 19.9. The van der Waals surface area contributed by atoms with Crippen LogP contribution in [0.25, 0.3) is 5.57 Å². The zero-order valence-corrected chi connectivity index (χ0v) is 33.4. The van der Waals surface area contributed by atoms with Crippen molar-refractivity contribution in [1.82, 2.24) is 10.2 Å². The van der Waals surface area contributed by atoms with Gasteiger partial charge in [-0.25, -0.2) is 4.79 Å². The quantitative estimate of drug-likeness (QED) is 0.173. The van der Waals surface area contributed by atoms with Gasteiger partial charge in [-0.15, -0.1) is 0 Å². The highest BCUT2D eigenvalue weighted by atomic mass is 16.4. The maximum atomic E-state index is 13.1. The number of amides is 1. The Hall–Kier alpha value is -2.93. The van der Waals surface area contributed by atoms with Crippen LogP contribution in [0, 0.1) is 62.6 Å². The molecule has 1 amide bonds. The van der Waals surface area contributed by atoms with Crippen molar-refractivity contribution < 1.29 is 24.6 Å². The van der Waals surface area contributed by atoms with Crippen molar-refractivity contribution in [3.63, 3.8) is 0 Å². The molecule has 1 aromatic rings. The van der Waals surface area contributed by atoms with E-state index in [-0.39, 0.29) is 38.9 Å². The molecular formula is C46H66N2O5. The van der Waals surface area contributed by atoms with Crippen LogP contribution in [0.3, 0.4) is 0 Å². The predicted molar refractivity (Wildman–Crippen MR) is 210 cm³/mol. The molecule has 4 saturated carbocycles. The van der Waals surface area contributed by atoms with Crippen LogP contribution in [0.2, 0.25) is 0 Å². The fourth-order valence-corrected chi connectivity index (χ4v) is 14.5. The Balaban J connectivity index is 1.08. The summed E-state index contributed by atoms with van der Waals surface area (Å²) in [4.78, 5) is 37.9. The molecule has 1 saturated heterocycles. The first kappa shape index (κ1) is 38.3. The number of nitrogens with zero attached hydrogens (tertiary/aromatic N) is 1. The van der Waals surface area contributed by atoms with Gasteiger partial charge in [0.25, 0.3) is 0 Å². The van der Waals surface area contributed by atoms with Gasteiger partial charge in [-0.3, -0.25) is 9.59 Å². The average molecular weight is 727 g/mol. The fourth-order valence-electron chi connectivity index (χ4n) is 14.5. The van der Waals surface area contributed by atoms with Gasteiger partial charge in [0.15, 0.2) is 0 Å². The lowest BCUT2D eigenvalue weighted by atomic mass is 9.32. The fraction of sp³-hybridized carbons (Fsp3) is 0.717. The van der Waals surface area contributed by atoms with Gasteiger partial charge in [0.1, 0.15) is 0 Å². The monoisotopic (exact) mass is 726 g/mol. The predicted octanol–water partition coefficient (Wildman–Crippen LogP) is 9.34. The minimum absolute atomic E-state index is 0.00299. The summed E-state index contributed by atoms with van der Waals surface area (Å²) in [5.41, 5.74) is 5.21. The van der Waals surface area contributed by atoms with Gasteiger partial charge in [0, 0.05) is 32.6 Å². The molecule has 3 N–H and O–H groups in total. The first-order chi connectivity index (χ1) is 25.0. The number of carboxylic acid groups (broad SMARTS) is 2. The number of benzene rings is 1. The van der Waals surface area contributed by atoms with Gasteiger partial charge < -0.3 is 20.4 Å². The van der Waals surface area contributed by atoms with E-state index >= 15 is 0 Å². The first-order valence-corrected chi connectivity index (χ1v) is 20.9. The van der Waals surface area contributed by atoms with Crippen LogP contribution in [0.1, 0.15) is 135 Å². The molecule has 5 fully saturated rings. The molecule has 6 aliphatic rings. The highest BCUT2D eigenvalue weighted by molar-refractivity contribution is 5.88. The number of piperidine rings is 1. The highest BCUT2D eigenvalue weighted by Gasteiger charge is 2.70. The Bertz CT molecular complexity index is 1660. The molecule has 5 aliphatic carbocycles. The second kappa shape index (κ2) is 13.7. The van der Waals surface area contributed by atoms with Crippen molar-refractivity contribution >= 4 is 23.4 Å².